The Balaban J connectivity index is 1.65. The van der Waals surface area contributed by atoms with E-state index in [1.165, 1.54) is 6.07 Å². The Bertz CT molecular complexity index is 957. The standard InChI is InChI=1S/C21H23F4N3O2/c1-27(12-15-6-8-17(9-7-15)30-11-10-22)13-16(29)14-28-19-5-3-2-4-18(19)26-20(28)21(23,24)25/h2-9,16,29H,10-14H2,1H3/t16-/m1/s1. The van der Waals surface area contributed by atoms with Crippen LogP contribution < -0.4 is 4.74 Å². The van der Waals surface area contributed by atoms with E-state index in [2.05, 4.69) is 4.98 Å². The minimum atomic E-state index is -4.61. The van der Waals surface area contributed by atoms with Crippen LogP contribution in [0.4, 0.5) is 17.6 Å². The van der Waals surface area contributed by atoms with Crippen LogP contribution in [0.5, 0.6) is 5.75 Å². The summed E-state index contributed by atoms with van der Waals surface area (Å²) in [6, 6.07) is 13.4. The zero-order valence-corrected chi connectivity index (χ0v) is 16.4. The van der Waals surface area contributed by atoms with Crippen molar-refractivity contribution in [2.75, 3.05) is 26.9 Å². The largest absolute Gasteiger partial charge is 0.491 e. The number of hydrogen-bond acceptors (Lipinski definition) is 4. The molecule has 0 radical (unpaired) electrons. The van der Waals surface area contributed by atoms with Crippen LogP contribution in [0, 0.1) is 0 Å². The average Bonchev–Trinajstić information content (AvgIpc) is 3.06. The van der Waals surface area contributed by atoms with Gasteiger partial charge in [-0.1, -0.05) is 24.3 Å². The number of likely N-dealkylation sites (N-methyl/N-ethyl adjacent to an activating group) is 1. The maximum atomic E-state index is 13.4. The van der Waals surface area contributed by atoms with Gasteiger partial charge >= 0.3 is 6.18 Å². The second-order valence-electron chi connectivity index (χ2n) is 7.06. The number of aliphatic hydroxyl groups excluding tert-OH is 1. The second-order valence-corrected chi connectivity index (χ2v) is 7.06. The molecule has 0 unspecified atom stereocenters. The summed E-state index contributed by atoms with van der Waals surface area (Å²) in [5.74, 6) is -0.458. The first-order chi connectivity index (χ1) is 14.3. The molecule has 0 fully saturated rings. The second kappa shape index (κ2) is 9.44. The molecule has 0 bridgehead atoms. The van der Waals surface area contributed by atoms with E-state index >= 15 is 0 Å². The molecule has 30 heavy (non-hydrogen) atoms. The quantitative estimate of drug-likeness (QED) is 0.529. The number of aromatic nitrogens is 2. The summed E-state index contributed by atoms with van der Waals surface area (Å²) < 4.78 is 58.5. The third-order valence-corrected chi connectivity index (χ3v) is 4.55. The van der Waals surface area contributed by atoms with E-state index in [1.54, 1.807) is 37.4 Å². The van der Waals surface area contributed by atoms with E-state index in [1.807, 2.05) is 17.0 Å². The molecule has 2 aromatic carbocycles. The van der Waals surface area contributed by atoms with Crippen LogP contribution in [0.25, 0.3) is 11.0 Å². The van der Waals surface area contributed by atoms with Gasteiger partial charge in [-0.3, -0.25) is 4.90 Å². The monoisotopic (exact) mass is 425 g/mol. The molecule has 0 aliphatic carbocycles. The van der Waals surface area contributed by atoms with Crippen molar-refractivity contribution < 1.29 is 27.4 Å². The normalized spacial score (nSPS) is 13.2. The minimum Gasteiger partial charge on any atom is -0.491 e. The lowest BCUT2D eigenvalue weighted by Gasteiger charge is -2.22. The highest BCUT2D eigenvalue weighted by molar-refractivity contribution is 5.76. The van der Waals surface area contributed by atoms with Gasteiger partial charge in [0.25, 0.3) is 0 Å². The molecule has 0 saturated heterocycles. The van der Waals surface area contributed by atoms with Gasteiger partial charge in [-0.05, 0) is 36.9 Å². The van der Waals surface area contributed by atoms with Crippen molar-refractivity contribution in [3.05, 3.63) is 59.9 Å². The predicted octanol–water partition coefficient (Wildman–Crippen LogP) is 3.90. The molecule has 1 heterocycles. The highest BCUT2D eigenvalue weighted by Gasteiger charge is 2.37. The van der Waals surface area contributed by atoms with Crippen molar-refractivity contribution in [2.45, 2.75) is 25.4 Å². The smallest absolute Gasteiger partial charge is 0.449 e. The number of benzene rings is 2. The summed E-state index contributed by atoms with van der Waals surface area (Å²) in [6.45, 7) is -0.143. The van der Waals surface area contributed by atoms with E-state index in [0.29, 0.717) is 17.8 Å². The summed E-state index contributed by atoms with van der Waals surface area (Å²) >= 11 is 0. The number of hydrogen-bond donors (Lipinski definition) is 1. The fourth-order valence-corrected chi connectivity index (χ4v) is 3.33. The zero-order chi connectivity index (χ0) is 21.7. The van der Waals surface area contributed by atoms with Crippen molar-refractivity contribution in [3.8, 4) is 5.75 Å². The first-order valence-electron chi connectivity index (χ1n) is 9.44. The summed E-state index contributed by atoms with van der Waals surface area (Å²) in [5, 5.41) is 10.4. The van der Waals surface area contributed by atoms with Crippen LogP contribution >= 0.6 is 0 Å². The maximum absolute atomic E-state index is 13.4. The number of alkyl halides is 4. The Morgan fingerprint density at radius 3 is 2.50 bits per heavy atom. The van der Waals surface area contributed by atoms with Gasteiger partial charge in [0.05, 0.1) is 23.7 Å². The first-order valence-corrected chi connectivity index (χ1v) is 9.44. The third kappa shape index (κ3) is 5.48. The van der Waals surface area contributed by atoms with Gasteiger partial charge in [0.2, 0.25) is 5.82 Å². The van der Waals surface area contributed by atoms with Crippen molar-refractivity contribution in [1.82, 2.24) is 14.5 Å². The molecular weight excluding hydrogens is 402 g/mol. The third-order valence-electron chi connectivity index (χ3n) is 4.55. The summed E-state index contributed by atoms with van der Waals surface area (Å²) in [6.07, 6.45) is -5.64. The number of ether oxygens (including phenoxy) is 1. The summed E-state index contributed by atoms with van der Waals surface area (Å²) in [5.41, 5.74) is 1.50. The molecule has 0 spiro atoms. The number of halogens is 4. The highest BCUT2D eigenvalue weighted by Crippen LogP contribution is 2.31. The predicted molar refractivity (Wildman–Crippen MR) is 105 cm³/mol. The molecule has 1 N–H and O–H groups in total. The fourth-order valence-electron chi connectivity index (χ4n) is 3.33. The number of fused-ring (bicyclic) bond motifs is 1. The Morgan fingerprint density at radius 1 is 1.13 bits per heavy atom. The molecule has 3 aromatic rings. The Kier molecular flexibility index (Phi) is 6.94. The van der Waals surface area contributed by atoms with Gasteiger partial charge in [-0.25, -0.2) is 9.37 Å². The molecule has 5 nitrogen and oxygen atoms in total. The molecule has 162 valence electrons. The summed E-state index contributed by atoms with van der Waals surface area (Å²) in [7, 11) is 1.77. The number of nitrogens with zero attached hydrogens (tertiary/aromatic N) is 3. The molecule has 0 aliphatic rings. The lowest BCUT2D eigenvalue weighted by molar-refractivity contribution is -0.147. The highest BCUT2D eigenvalue weighted by atomic mass is 19.4. The van der Waals surface area contributed by atoms with Crippen LogP contribution in [0.15, 0.2) is 48.5 Å². The molecule has 0 aliphatic heterocycles. The Hall–Kier alpha value is -2.65. The SMILES string of the molecule is CN(Cc1ccc(OCCF)cc1)C[C@@H](O)Cn1c(C(F)(F)F)nc2ccccc21. The molecule has 0 saturated carbocycles. The van der Waals surface area contributed by atoms with Crippen LogP contribution in [0.2, 0.25) is 0 Å². The summed E-state index contributed by atoms with van der Waals surface area (Å²) in [4.78, 5) is 5.51. The lowest BCUT2D eigenvalue weighted by atomic mass is 10.2. The van der Waals surface area contributed by atoms with E-state index in [9.17, 15) is 22.7 Å². The molecule has 9 heteroatoms. The van der Waals surface area contributed by atoms with Gasteiger partial charge in [0, 0.05) is 13.1 Å². The maximum Gasteiger partial charge on any atom is 0.449 e. The van der Waals surface area contributed by atoms with Crippen molar-refractivity contribution >= 4 is 11.0 Å². The number of aliphatic hydroxyl groups is 1. The number of imidazole rings is 1. The van der Waals surface area contributed by atoms with E-state index in [0.717, 1.165) is 10.1 Å². The van der Waals surface area contributed by atoms with E-state index in [-0.39, 0.29) is 25.2 Å². The van der Waals surface area contributed by atoms with Crippen molar-refractivity contribution in [3.63, 3.8) is 0 Å². The van der Waals surface area contributed by atoms with Gasteiger partial charge in [-0.15, -0.1) is 0 Å². The van der Waals surface area contributed by atoms with Crippen LogP contribution in [-0.2, 0) is 19.3 Å². The average molecular weight is 425 g/mol. The number of para-hydroxylation sites is 2. The molecular formula is C21H23F4N3O2. The Morgan fingerprint density at radius 2 is 1.83 bits per heavy atom. The van der Waals surface area contributed by atoms with E-state index < -0.39 is 24.8 Å². The molecule has 0 amide bonds. The number of rotatable bonds is 9. The van der Waals surface area contributed by atoms with Crippen molar-refractivity contribution in [2.24, 2.45) is 0 Å². The zero-order valence-electron chi connectivity index (χ0n) is 16.4. The molecule has 1 atom stereocenters. The fraction of sp³-hybridized carbons (Fsp3) is 0.381. The first kappa shape index (κ1) is 22.0. The van der Waals surface area contributed by atoms with Crippen LogP contribution in [-0.4, -0.2) is 52.5 Å². The van der Waals surface area contributed by atoms with Gasteiger partial charge < -0.3 is 14.4 Å². The lowest BCUT2D eigenvalue weighted by Crippen LogP contribution is -2.32. The molecule has 1 aromatic heterocycles. The van der Waals surface area contributed by atoms with Gasteiger partial charge in [0.1, 0.15) is 19.0 Å². The van der Waals surface area contributed by atoms with Crippen LogP contribution in [0.3, 0.4) is 0 Å². The van der Waals surface area contributed by atoms with Gasteiger partial charge in [-0.2, -0.15) is 13.2 Å². The molecule has 3 rings (SSSR count). The van der Waals surface area contributed by atoms with E-state index in [4.69, 9.17) is 4.74 Å². The Labute approximate surface area is 171 Å². The van der Waals surface area contributed by atoms with Crippen LogP contribution in [0.1, 0.15) is 11.4 Å². The van der Waals surface area contributed by atoms with Gasteiger partial charge in [0.15, 0.2) is 0 Å². The topological polar surface area (TPSA) is 50.5 Å². The van der Waals surface area contributed by atoms with Crippen molar-refractivity contribution in [1.29, 1.82) is 0 Å². The minimum absolute atomic E-state index is 0.00567.